The zero-order chi connectivity index (χ0) is 23.4. The third-order valence-electron chi connectivity index (χ3n) is 5.10. The average Bonchev–Trinajstić information content (AvgIpc) is 3.31. The Hall–Kier alpha value is -3.60. The number of nitrogens with one attached hydrogen (secondary N) is 3. The molecule has 1 saturated heterocycles. The molecule has 0 aliphatic carbocycles. The number of anilines is 6. The second-order valence-electron chi connectivity index (χ2n) is 7.64. The van der Waals surface area contributed by atoms with Gasteiger partial charge in [0.1, 0.15) is 5.75 Å². The lowest BCUT2D eigenvalue weighted by Gasteiger charge is -2.21. The maximum absolute atomic E-state index is 14.4. The van der Waals surface area contributed by atoms with E-state index in [-0.39, 0.29) is 17.5 Å². The van der Waals surface area contributed by atoms with E-state index in [0.717, 1.165) is 49.8 Å². The summed E-state index contributed by atoms with van der Waals surface area (Å²) in [6.07, 6.45) is 4.40. The molecule has 0 atom stereocenters. The Labute approximate surface area is 192 Å². The Kier molecular flexibility index (Phi) is 6.50. The summed E-state index contributed by atoms with van der Waals surface area (Å²) in [5.41, 5.74) is 2.34. The fourth-order valence-electron chi connectivity index (χ4n) is 3.63. The Balaban J connectivity index is 1.56. The van der Waals surface area contributed by atoms with Crippen molar-refractivity contribution in [3.63, 3.8) is 0 Å². The summed E-state index contributed by atoms with van der Waals surface area (Å²) in [6, 6.07) is 12.3. The van der Waals surface area contributed by atoms with E-state index >= 15 is 0 Å². The Morgan fingerprint density at radius 3 is 2.48 bits per heavy atom. The van der Waals surface area contributed by atoms with Crippen LogP contribution in [-0.2, 0) is 10.0 Å². The summed E-state index contributed by atoms with van der Waals surface area (Å²) >= 11 is 0. The topological polar surface area (TPSA) is 108 Å². The minimum absolute atomic E-state index is 0.101. The number of para-hydroxylation sites is 2. The highest BCUT2D eigenvalue weighted by Gasteiger charge is 2.17. The first-order valence-corrected chi connectivity index (χ1v) is 12.3. The molecule has 33 heavy (non-hydrogen) atoms. The molecule has 0 radical (unpaired) electrons. The number of ether oxygens (including phenoxy) is 1. The molecule has 1 aliphatic rings. The van der Waals surface area contributed by atoms with Crippen LogP contribution in [0.1, 0.15) is 12.8 Å². The number of hydrogen-bond donors (Lipinski definition) is 3. The van der Waals surface area contributed by atoms with Crippen molar-refractivity contribution in [3.8, 4) is 5.75 Å². The van der Waals surface area contributed by atoms with Gasteiger partial charge in [-0.2, -0.15) is 4.98 Å². The van der Waals surface area contributed by atoms with Gasteiger partial charge in [-0.15, -0.1) is 0 Å². The third-order valence-corrected chi connectivity index (χ3v) is 5.69. The molecular weight excluding hydrogens is 447 g/mol. The number of sulfonamides is 1. The monoisotopic (exact) mass is 472 g/mol. The predicted octanol–water partition coefficient (Wildman–Crippen LogP) is 4.08. The molecule has 4 rings (SSSR count). The summed E-state index contributed by atoms with van der Waals surface area (Å²) < 4.78 is 45.6. The SMILES string of the molecule is COc1cc(Nc2ncc(F)c(Nc3ccccc3NS(C)(=O)=O)n2)ccc1N1CCCC1. The van der Waals surface area contributed by atoms with Crippen LogP contribution in [0.15, 0.2) is 48.7 Å². The van der Waals surface area contributed by atoms with E-state index < -0.39 is 15.8 Å². The number of hydrogen-bond acceptors (Lipinski definition) is 8. The highest BCUT2D eigenvalue weighted by molar-refractivity contribution is 7.92. The van der Waals surface area contributed by atoms with E-state index in [1.165, 1.54) is 0 Å². The number of aromatic nitrogens is 2. The van der Waals surface area contributed by atoms with E-state index in [2.05, 4.69) is 30.2 Å². The zero-order valence-corrected chi connectivity index (χ0v) is 19.1. The molecule has 1 aromatic heterocycles. The molecule has 3 aromatic rings. The smallest absolute Gasteiger partial charge is 0.229 e. The first-order valence-electron chi connectivity index (χ1n) is 10.4. The number of benzene rings is 2. The molecule has 1 aliphatic heterocycles. The van der Waals surface area contributed by atoms with E-state index in [4.69, 9.17) is 4.74 Å². The lowest BCUT2D eigenvalue weighted by atomic mass is 10.2. The first-order chi connectivity index (χ1) is 15.8. The van der Waals surface area contributed by atoms with Crippen LogP contribution in [0.2, 0.25) is 0 Å². The normalized spacial score (nSPS) is 13.6. The Bertz CT molecular complexity index is 1250. The first kappa shape index (κ1) is 22.6. The molecule has 1 fully saturated rings. The quantitative estimate of drug-likeness (QED) is 0.450. The van der Waals surface area contributed by atoms with Gasteiger partial charge in [0, 0.05) is 24.8 Å². The minimum Gasteiger partial charge on any atom is -0.495 e. The molecule has 0 bridgehead atoms. The standard InChI is InChI=1S/C22H25FN6O3S/c1-32-20-13-15(9-10-19(20)29-11-5-6-12-29)25-22-24-14-16(23)21(27-22)26-17-7-3-4-8-18(17)28-33(2,30)31/h3-4,7-10,13-14,28H,5-6,11-12H2,1-2H3,(H2,24,25,26,27). The van der Waals surface area contributed by atoms with Gasteiger partial charge in [0.2, 0.25) is 16.0 Å². The molecule has 0 saturated carbocycles. The van der Waals surface area contributed by atoms with Crippen LogP contribution in [0.3, 0.4) is 0 Å². The van der Waals surface area contributed by atoms with Crippen molar-refractivity contribution in [1.82, 2.24) is 9.97 Å². The Morgan fingerprint density at radius 1 is 1.06 bits per heavy atom. The summed E-state index contributed by atoms with van der Waals surface area (Å²) in [6.45, 7) is 1.99. The van der Waals surface area contributed by atoms with Crippen LogP contribution < -0.4 is 25.0 Å². The van der Waals surface area contributed by atoms with Crippen molar-refractivity contribution in [2.45, 2.75) is 12.8 Å². The maximum Gasteiger partial charge on any atom is 0.229 e. The maximum atomic E-state index is 14.4. The number of nitrogens with zero attached hydrogens (tertiary/aromatic N) is 3. The van der Waals surface area contributed by atoms with Gasteiger partial charge in [-0.3, -0.25) is 4.72 Å². The van der Waals surface area contributed by atoms with Gasteiger partial charge in [-0.05, 0) is 37.1 Å². The molecule has 0 unspecified atom stereocenters. The van der Waals surface area contributed by atoms with Crippen LogP contribution in [-0.4, -0.2) is 44.8 Å². The summed E-state index contributed by atoms with van der Waals surface area (Å²) in [5, 5.41) is 5.90. The van der Waals surface area contributed by atoms with E-state index in [0.29, 0.717) is 11.4 Å². The van der Waals surface area contributed by atoms with Gasteiger partial charge in [0.15, 0.2) is 11.6 Å². The van der Waals surface area contributed by atoms with Crippen molar-refractivity contribution in [1.29, 1.82) is 0 Å². The van der Waals surface area contributed by atoms with E-state index in [1.807, 2.05) is 18.2 Å². The van der Waals surface area contributed by atoms with Crippen LogP contribution in [0.4, 0.5) is 38.9 Å². The van der Waals surface area contributed by atoms with E-state index in [1.54, 1.807) is 31.4 Å². The fourth-order valence-corrected chi connectivity index (χ4v) is 4.20. The van der Waals surface area contributed by atoms with Gasteiger partial charge >= 0.3 is 0 Å². The molecule has 2 aromatic carbocycles. The van der Waals surface area contributed by atoms with Crippen molar-refractivity contribution in [2.24, 2.45) is 0 Å². The van der Waals surface area contributed by atoms with Gasteiger partial charge in [0.25, 0.3) is 0 Å². The summed E-state index contributed by atoms with van der Waals surface area (Å²) in [5.74, 6) is 0.110. The largest absolute Gasteiger partial charge is 0.495 e. The Morgan fingerprint density at radius 2 is 1.79 bits per heavy atom. The molecule has 11 heteroatoms. The van der Waals surface area contributed by atoms with Crippen molar-refractivity contribution >= 4 is 44.5 Å². The minimum atomic E-state index is -3.51. The molecule has 3 N–H and O–H groups in total. The summed E-state index contributed by atoms with van der Waals surface area (Å²) in [4.78, 5) is 10.5. The highest BCUT2D eigenvalue weighted by Crippen LogP contribution is 2.34. The van der Waals surface area contributed by atoms with Crippen molar-refractivity contribution < 1.29 is 17.5 Å². The van der Waals surface area contributed by atoms with Gasteiger partial charge < -0.3 is 20.3 Å². The lowest BCUT2D eigenvalue weighted by molar-refractivity contribution is 0.415. The molecular formula is C22H25FN6O3S. The molecule has 0 spiro atoms. The van der Waals surface area contributed by atoms with E-state index in [9.17, 15) is 12.8 Å². The second kappa shape index (κ2) is 9.49. The molecule has 2 heterocycles. The third kappa shape index (κ3) is 5.61. The van der Waals surface area contributed by atoms with Crippen LogP contribution in [0, 0.1) is 5.82 Å². The molecule has 0 amide bonds. The number of halogens is 1. The molecule has 9 nitrogen and oxygen atoms in total. The van der Waals surface area contributed by atoms with Gasteiger partial charge in [-0.25, -0.2) is 17.8 Å². The van der Waals surface area contributed by atoms with Gasteiger partial charge in [-0.1, -0.05) is 12.1 Å². The fraction of sp³-hybridized carbons (Fsp3) is 0.273. The highest BCUT2D eigenvalue weighted by atomic mass is 32.2. The zero-order valence-electron chi connectivity index (χ0n) is 18.3. The summed E-state index contributed by atoms with van der Waals surface area (Å²) in [7, 11) is -1.89. The molecule has 174 valence electrons. The predicted molar refractivity (Wildman–Crippen MR) is 128 cm³/mol. The lowest BCUT2D eigenvalue weighted by Crippen LogP contribution is -2.18. The van der Waals surface area contributed by atoms with Crippen LogP contribution in [0.5, 0.6) is 5.75 Å². The number of rotatable bonds is 8. The average molecular weight is 473 g/mol. The van der Waals surface area contributed by atoms with Gasteiger partial charge in [0.05, 0.1) is 36.6 Å². The van der Waals surface area contributed by atoms with Crippen molar-refractivity contribution in [3.05, 3.63) is 54.5 Å². The van der Waals surface area contributed by atoms with Crippen LogP contribution in [0.25, 0.3) is 0 Å². The second-order valence-corrected chi connectivity index (χ2v) is 9.39. The number of methoxy groups -OCH3 is 1. The van der Waals surface area contributed by atoms with Crippen LogP contribution >= 0.6 is 0 Å². The van der Waals surface area contributed by atoms with Crippen molar-refractivity contribution in [2.75, 3.05) is 46.7 Å².